The summed E-state index contributed by atoms with van der Waals surface area (Å²) in [5.74, 6) is 0.976. The molecule has 0 spiro atoms. The Morgan fingerprint density at radius 1 is 0.938 bits per heavy atom. The maximum atomic E-state index is 12.2. The summed E-state index contributed by atoms with van der Waals surface area (Å²) in [6.45, 7) is 2.40. The van der Waals surface area contributed by atoms with Crippen molar-refractivity contribution in [3.63, 3.8) is 0 Å². The minimum Gasteiger partial charge on any atom is -0.493 e. The Labute approximate surface area is 187 Å². The zero-order valence-electron chi connectivity index (χ0n) is 18.0. The molecule has 5 heteroatoms. The minimum atomic E-state index is -0.261. The largest absolute Gasteiger partial charge is 0.493 e. The van der Waals surface area contributed by atoms with Crippen LogP contribution in [0.4, 0.5) is 0 Å². The van der Waals surface area contributed by atoms with Crippen molar-refractivity contribution in [2.45, 2.75) is 13.5 Å². The molecule has 1 amide bonds. The highest BCUT2D eigenvalue weighted by molar-refractivity contribution is 5.95. The van der Waals surface area contributed by atoms with Gasteiger partial charge >= 0.3 is 0 Å². The Bertz CT molecular complexity index is 1260. The average Bonchev–Trinajstić information content (AvgIpc) is 2.83. The Hall–Kier alpha value is -4.12. The molecule has 0 saturated carbocycles. The number of hydrazone groups is 1. The predicted molar refractivity (Wildman–Crippen MR) is 128 cm³/mol. The van der Waals surface area contributed by atoms with Crippen molar-refractivity contribution < 1.29 is 14.3 Å². The van der Waals surface area contributed by atoms with E-state index in [4.69, 9.17) is 9.47 Å². The number of hydrogen-bond acceptors (Lipinski definition) is 4. The van der Waals surface area contributed by atoms with Crippen molar-refractivity contribution in [2.24, 2.45) is 5.10 Å². The Morgan fingerprint density at radius 2 is 1.72 bits per heavy atom. The number of hydrogen-bond donors (Lipinski definition) is 1. The van der Waals surface area contributed by atoms with E-state index in [1.165, 1.54) is 10.8 Å². The van der Waals surface area contributed by atoms with Crippen LogP contribution in [-0.4, -0.2) is 19.2 Å². The molecule has 4 aromatic rings. The molecule has 0 aromatic heterocycles. The lowest BCUT2D eigenvalue weighted by atomic mass is 10.1. The van der Waals surface area contributed by atoms with Crippen molar-refractivity contribution in [3.8, 4) is 11.5 Å². The number of fused-ring (bicyclic) bond motifs is 1. The second-order valence-corrected chi connectivity index (χ2v) is 7.40. The SMILES string of the molecule is COc1cc(/C=N\NC(=O)c2ccc(C)cc2)ccc1OCc1cccc2ccccc12. The van der Waals surface area contributed by atoms with Crippen molar-refractivity contribution in [1.29, 1.82) is 0 Å². The zero-order valence-corrected chi connectivity index (χ0v) is 18.0. The molecule has 1 N–H and O–H groups in total. The standard InChI is InChI=1S/C27H24N2O3/c1-19-10-13-22(14-11-19)27(30)29-28-17-20-12-15-25(26(16-20)31-2)32-18-23-8-5-7-21-6-3-4-9-24(21)23/h3-17H,18H2,1-2H3,(H,29,30)/b28-17-. The van der Waals surface area contributed by atoms with Gasteiger partial charge in [0.2, 0.25) is 0 Å². The van der Waals surface area contributed by atoms with E-state index < -0.39 is 0 Å². The molecular formula is C27H24N2O3. The highest BCUT2D eigenvalue weighted by atomic mass is 16.5. The van der Waals surface area contributed by atoms with Crippen molar-refractivity contribution in [1.82, 2.24) is 5.43 Å². The molecule has 4 aromatic carbocycles. The molecular weight excluding hydrogens is 400 g/mol. The number of ether oxygens (including phenoxy) is 2. The molecule has 0 radical (unpaired) electrons. The van der Waals surface area contributed by atoms with Gasteiger partial charge in [0.25, 0.3) is 5.91 Å². The first kappa shape index (κ1) is 21.1. The highest BCUT2D eigenvalue weighted by Crippen LogP contribution is 2.29. The van der Waals surface area contributed by atoms with E-state index in [0.29, 0.717) is 23.7 Å². The fourth-order valence-corrected chi connectivity index (χ4v) is 3.39. The molecule has 0 fully saturated rings. The number of nitrogens with one attached hydrogen (secondary N) is 1. The molecule has 0 bridgehead atoms. The van der Waals surface area contributed by atoms with Crippen LogP contribution >= 0.6 is 0 Å². The van der Waals surface area contributed by atoms with Crippen LogP contribution in [0.1, 0.15) is 27.0 Å². The Balaban J connectivity index is 1.42. The molecule has 0 saturated heterocycles. The lowest BCUT2D eigenvalue weighted by Crippen LogP contribution is -2.17. The first-order valence-electron chi connectivity index (χ1n) is 10.3. The van der Waals surface area contributed by atoms with Crippen molar-refractivity contribution in [3.05, 3.63) is 107 Å². The number of nitrogens with zero attached hydrogens (tertiary/aromatic N) is 1. The molecule has 5 nitrogen and oxygen atoms in total. The highest BCUT2D eigenvalue weighted by Gasteiger charge is 2.08. The second kappa shape index (κ2) is 9.79. The van der Waals surface area contributed by atoms with E-state index in [9.17, 15) is 4.79 Å². The quantitative estimate of drug-likeness (QED) is 0.315. The van der Waals surface area contributed by atoms with E-state index in [-0.39, 0.29) is 5.91 Å². The monoisotopic (exact) mass is 424 g/mol. The zero-order chi connectivity index (χ0) is 22.3. The van der Waals surface area contributed by atoms with Gasteiger partial charge < -0.3 is 9.47 Å². The van der Waals surface area contributed by atoms with Gasteiger partial charge in [-0.3, -0.25) is 4.79 Å². The number of aryl methyl sites for hydroxylation is 1. The number of benzene rings is 4. The summed E-state index contributed by atoms with van der Waals surface area (Å²) < 4.78 is 11.5. The third kappa shape index (κ3) is 4.95. The van der Waals surface area contributed by atoms with Crippen molar-refractivity contribution >= 4 is 22.9 Å². The van der Waals surface area contributed by atoms with Gasteiger partial charge in [-0.2, -0.15) is 5.10 Å². The number of rotatable bonds is 7. The topological polar surface area (TPSA) is 59.9 Å². The fraction of sp³-hybridized carbons (Fsp3) is 0.111. The summed E-state index contributed by atoms with van der Waals surface area (Å²) in [5.41, 5.74) is 6.08. The van der Waals surface area contributed by atoms with Gasteiger partial charge in [0.1, 0.15) is 6.61 Å². The molecule has 32 heavy (non-hydrogen) atoms. The van der Waals surface area contributed by atoms with Gasteiger partial charge in [-0.25, -0.2) is 5.43 Å². The van der Waals surface area contributed by atoms with Gasteiger partial charge in [-0.15, -0.1) is 0 Å². The van der Waals surface area contributed by atoms with E-state index in [2.05, 4.69) is 34.8 Å². The third-order valence-corrected chi connectivity index (χ3v) is 5.14. The first-order chi connectivity index (χ1) is 15.6. The van der Waals surface area contributed by atoms with Crippen LogP contribution in [0.15, 0.2) is 90.0 Å². The smallest absolute Gasteiger partial charge is 0.271 e. The molecule has 160 valence electrons. The van der Waals surface area contributed by atoms with Gasteiger partial charge in [-0.05, 0) is 59.2 Å². The third-order valence-electron chi connectivity index (χ3n) is 5.14. The van der Waals surface area contributed by atoms with E-state index in [1.54, 1.807) is 25.5 Å². The van der Waals surface area contributed by atoms with Gasteiger partial charge in [0.05, 0.1) is 13.3 Å². The van der Waals surface area contributed by atoms with Crippen LogP contribution in [0, 0.1) is 6.92 Å². The van der Waals surface area contributed by atoms with Gasteiger partial charge in [0.15, 0.2) is 11.5 Å². The van der Waals surface area contributed by atoms with Crippen LogP contribution in [-0.2, 0) is 6.61 Å². The van der Waals surface area contributed by atoms with Crippen LogP contribution < -0.4 is 14.9 Å². The number of amides is 1. The molecule has 0 atom stereocenters. The van der Waals surface area contributed by atoms with Crippen LogP contribution in [0.3, 0.4) is 0 Å². The second-order valence-electron chi connectivity index (χ2n) is 7.40. The summed E-state index contributed by atoms with van der Waals surface area (Å²) in [6, 6.07) is 27.3. The number of methoxy groups -OCH3 is 1. The lowest BCUT2D eigenvalue weighted by molar-refractivity contribution is 0.0955. The molecule has 4 rings (SSSR count). The number of carbonyl (C=O) groups is 1. The number of carbonyl (C=O) groups excluding carboxylic acids is 1. The van der Waals surface area contributed by atoms with E-state index in [1.807, 2.05) is 55.5 Å². The maximum absolute atomic E-state index is 12.2. The maximum Gasteiger partial charge on any atom is 0.271 e. The summed E-state index contributed by atoms with van der Waals surface area (Å²) in [5, 5.41) is 6.40. The predicted octanol–water partition coefficient (Wildman–Crippen LogP) is 5.50. The summed E-state index contributed by atoms with van der Waals surface area (Å²) in [7, 11) is 1.60. The van der Waals surface area contributed by atoms with E-state index in [0.717, 1.165) is 16.7 Å². The summed E-state index contributed by atoms with van der Waals surface area (Å²) in [4.78, 5) is 12.2. The molecule has 0 unspecified atom stereocenters. The van der Waals surface area contributed by atoms with Gasteiger partial charge in [-0.1, -0.05) is 60.2 Å². The minimum absolute atomic E-state index is 0.261. The van der Waals surface area contributed by atoms with Crippen LogP contribution in [0.2, 0.25) is 0 Å². The molecule has 0 aliphatic heterocycles. The molecule has 0 heterocycles. The van der Waals surface area contributed by atoms with Gasteiger partial charge in [0, 0.05) is 5.56 Å². The average molecular weight is 425 g/mol. The van der Waals surface area contributed by atoms with Crippen LogP contribution in [0.5, 0.6) is 11.5 Å². The Morgan fingerprint density at radius 3 is 2.53 bits per heavy atom. The summed E-state index contributed by atoms with van der Waals surface area (Å²) in [6.07, 6.45) is 1.57. The molecule has 0 aliphatic rings. The normalized spacial score (nSPS) is 10.9. The van der Waals surface area contributed by atoms with E-state index >= 15 is 0 Å². The molecule has 0 aliphatic carbocycles. The summed E-state index contributed by atoms with van der Waals surface area (Å²) >= 11 is 0. The first-order valence-corrected chi connectivity index (χ1v) is 10.3. The van der Waals surface area contributed by atoms with Crippen molar-refractivity contribution in [2.75, 3.05) is 7.11 Å². The fourth-order valence-electron chi connectivity index (χ4n) is 3.39. The van der Waals surface area contributed by atoms with Crippen LogP contribution in [0.25, 0.3) is 10.8 Å². The Kier molecular flexibility index (Phi) is 6.46. The lowest BCUT2D eigenvalue weighted by Gasteiger charge is -2.12.